The first-order valence-electron chi connectivity index (χ1n) is 19.5. The number of amides is 1. The third-order valence-electron chi connectivity index (χ3n) is 9.27. The van der Waals surface area contributed by atoms with Crippen LogP contribution in [0.25, 0.3) is 11.5 Å². The number of aromatic nitrogens is 5. The van der Waals surface area contributed by atoms with Gasteiger partial charge < -0.3 is 43.6 Å². The summed E-state index contributed by atoms with van der Waals surface area (Å²) in [5.41, 5.74) is 2.95. The quantitative estimate of drug-likeness (QED) is 0.0575. The van der Waals surface area contributed by atoms with Crippen LogP contribution in [-0.2, 0) is 37.3 Å². The van der Waals surface area contributed by atoms with Crippen LogP contribution in [0.15, 0.2) is 61.1 Å². The predicted octanol–water partition coefficient (Wildman–Crippen LogP) is 5.86. The van der Waals surface area contributed by atoms with Gasteiger partial charge in [0.15, 0.2) is 11.6 Å². The number of rotatable bonds is 26. The molecule has 302 valence electrons. The summed E-state index contributed by atoms with van der Waals surface area (Å²) < 4.78 is 35.3. The summed E-state index contributed by atoms with van der Waals surface area (Å²) in [6.45, 7) is 5.16. The number of fused-ring (bicyclic) bond motifs is 1. The third-order valence-corrected chi connectivity index (χ3v) is 9.27. The van der Waals surface area contributed by atoms with Crippen molar-refractivity contribution in [1.29, 1.82) is 0 Å². The Kier molecular flexibility index (Phi) is 17.8. The van der Waals surface area contributed by atoms with Gasteiger partial charge in [-0.05, 0) is 74.6 Å². The van der Waals surface area contributed by atoms with Crippen LogP contribution >= 0.6 is 0 Å². The molecule has 15 heteroatoms. The minimum Gasteiger partial charge on any atom is -0.494 e. The van der Waals surface area contributed by atoms with Gasteiger partial charge in [-0.25, -0.2) is 9.97 Å². The summed E-state index contributed by atoms with van der Waals surface area (Å²) >= 11 is 0. The van der Waals surface area contributed by atoms with Crippen molar-refractivity contribution in [3.63, 3.8) is 0 Å². The number of anilines is 1. The standard InChI is InChI=1S/C41H55N7O8/c1-48-38(46-47-40(48)36-16-18-42-30-44-36)29-43-32-12-10-11-31(27-32)41(50)45-35-17-22-56-37-15-14-33(28-34(35)37)55-21-9-4-3-7-19-52-23-25-54-26-24-53-20-8-5-6-13-39(49)51-2/h10-12,14-16,18,27-28,30,35,43H,3-9,13,17,19-26,29H2,1-2H3,(H,45,50)/t35-/m1/s1. The lowest BCUT2D eigenvalue weighted by atomic mass is 9.99. The molecule has 0 unspecified atom stereocenters. The Balaban J connectivity index is 0.934. The highest BCUT2D eigenvalue weighted by Crippen LogP contribution is 2.35. The molecule has 2 aromatic carbocycles. The van der Waals surface area contributed by atoms with Crippen LogP contribution in [0.5, 0.6) is 11.5 Å². The number of carbonyl (C=O) groups is 2. The summed E-state index contributed by atoms with van der Waals surface area (Å²) in [5.74, 6) is 2.57. The van der Waals surface area contributed by atoms with E-state index in [-0.39, 0.29) is 17.9 Å². The van der Waals surface area contributed by atoms with E-state index in [4.69, 9.17) is 23.7 Å². The van der Waals surface area contributed by atoms with Crippen molar-refractivity contribution < 1.29 is 38.0 Å². The predicted molar refractivity (Wildman–Crippen MR) is 209 cm³/mol. The van der Waals surface area contributed by atoms with E-state index >= 15 is 0 Å². The van der Waals surface area contributed by atoms with Gasteiger partial charge in [-0.2, -0.15) is 0 Å². The van der Waals surface area contributed by atoms with E-state index in [1.807, 2.05) is 48.0 Å². The van der Waals surface area contributed by atoms with Crippen LogP contribution in [-0.4, -0.2) is 96.6 Å². The molecule has 0 saturated heterocycles. The van der Waals surface area contributed by atoms with Gasteiger partial charge in [-0.15, -0.1) is 10.2 Å². The lowest BCUT2D eigenvalue weighted by molar-refractivity contribution is -0.140. The SMILES string of the molecule is COC(=O)CCCCCOCCOCCOCCCCCCOc1ccc2c(c1)[C@H](NC(=O)c1cccc(NCc3nnc(-c4ccncn4)n3C)c1)CCO2. The van der Waals surface area contributed by atoms with Gasteiger partial charge >= 0.3 is 5.97 Å². The molecular weight excluding hydrogens is 718 g/mol. The Morgan fingerprint density at radius 2 is 1.61 bits per heavy atom. The van der Waals surface area contributed by atoms with E-state index in [0.717, 1.165) is 73.5 Å². The molecular formula is C41H55N7O8. The molecule has 1 aliphatic rings. The van der Waals surface area contributed by atoms with Gasteiger partial charge in [0.25, 0.3) is 5.91 Å². The Morgan fingerprint density at radius 1 is 0.857 bits per heavy atom. The van der Waals surface area contributed by atoms with Crippen molar-refractivity contribution in [2.75, 3.05) is 65.3 Å². The average molecular weight is 774 g/mol. The Bertz CT molecular complexity index is 1770. The first-order valence-corrected chi connectivity index (χ1v) is 19.5. The minimum atomic E-state index is -0.203. The number of ether oxygens (including phenoxy) is 6. The molecule has 56 heavy (non-hydrogen) atoms. The van der Waals surface area contributed by atoms with Gasteiger partial charge in [-0.1, -0.05) is 18.9 Å². The first-order chi connectivity index (χ1) is 27.5. The van der Waals surface area contributed by atoms with Crippen molar-refractivity contribution in [2.24, 2.45) is 7.05 Å². The van der Waals surface area contributed by atoms with E-state index in [9.17, 15) is 9.59 Å². The van der Waals surface area contributed by atoms with Crippen LogP contribution < -0.4 is 20.1 Å². The molecule has 3 heterocycles. The zero-order valence-corrected chi connectivity index (χ0v) is 32.6. The molecule has 4 aromatic rings. The minimum absolute atomic E-state index is 0.161. The van der Waals surface area contributed by atoms with Crippen LogP contribution in [0, 0.1) is 0 Å². The lowest BCUT2D eigenvalue weighted by Crippen LogP contribution is -2.32. The number of unbranched alkanes of at least 4 members (excludes halogenated alkanes) is 5. The molecule has 0 fully saturated rings. The molecule has 1 aliphatic heterocycles. The maximum absolute atomic E-state index is 13.4. The first kappa shape index (κ1) is 42.0. The lowest BCUT2D eigenvalue weighted by Gasteiger charge is -2.27. The summed E-state index contributed by atoms with van der Waals surface area (Å²) in [7, 11) is 3.30. The molecule has 0 aliphatic carbocycles. The maximum atomic E-state index is 13.4. The molecule has 1 amide bonds. The second-order valence-corrected chi connectivity index (χ2v) is 13.4. The van der Waals surface area contributed by atoms with Crippen molar-refractivity contribution in [3.05, 3.63) is 78.0 Å². The number of benzene rings is 2. The topological polar surface area (TPSA) is 170 Å². The van der Waals surface area contributed by atoms with Gasteiger partial charge in [0.05, 0.1) is 59.3 Å². The van der Waals surface area contributed by atoms with Crippen molar-refractivity contribution >= 4 is 17.6 Å². The van der Waals surface area contributed by atoms with Gasteiger partial charge in [0, 0.05) is 56.1 Å². The molecule has 0 spiro atoms. The smallest absolute Gasteiger partial charge is 0.305 e. The molecule has 2 aromatic heterocycles. The van der Waals surface area contributed by atoms with E-state index in [0.29, 0.717) is 89.3 Å². The highest BCUT2D eigenvalue weighted by atomic mass is 16.5. The number of hydrogen-bond acceptors (Lipinski definition) is 13. The Labute approximate surface area is 328 Å². The fourth-order valence-corrected chi connectivity index (χ4v) is 6.11. The molecule has 2 N–H and O–H groups in total. The summed E-state index contributed by atoms with van der Waals surface area (Å²) in [5, 5.41) is 15.1. The molecule has 1 atom stereocenters. The number of methoxy groups -OCH3 is 1. The van der Waals surface area contributed by atoms with Crippen LogP contribution in [0.2, 0.25) is 0 Å². The average Bonchev–Trinajstić information content (AvgIpc) is 3.60. The largest absolute Gasteiger partial charge is 0.494 e. The fourth-order valence-electron chi connectivity index (χ4n) is 6.11. The van der Waals surface area contributed by atoms with Crippen LogP contribution in [0.1, 0.15) is 85.6 Å². The molecule has 15 nitrogen and oxygen atoms in total. The summed E-state index contributed by atoms with van der Waals surface area (Å²) in [6.07, 6.45) is 11.0. The second kappa shape index (κ2) is 23.7. The van der Waals surface area contributed by atoms with E-state index < -0.39 is 0 Å². The zero-order valence-electron chi connectivity index (χ0n) is 32.6. The van der Waals surface area contributed by atoms with E-state index in [2.05, 4.69) is 35.5 Å². The van der Waals surface area contributed by atoms with Crippen molar-refractivity contribution in [3.8, 4) is 23.0 Å². The summed E-state index contributed by atoms with van der Waals surface area (Å²) in [6, 6.07) is 14.8. The number of carbonyl (C=O) groups excluding carboxylic acids is 2. The maximum Gasteiger partial charge on any atom is 0.305 e. The van der Waals surface area contributed by atoms with E-state index in [1.54, 1.807) is 18.3 Å². The monoisotopic (exact) mass is 773 g/mol. The molecule has 5 rings (SSSR count). The third kappa shape index (κ3) is 13.9. The van der Waals surface area contributed by atoms with Crippen LogP contribution in [0.4, 0.5) is 5.69 Å². The highest BCUT2D eigenvalue weighted by molar-refractivity contribution is 5.95. The number of nitrogens with one attached hydrogen (secondary N) is 2. The Hall–Kier alpha value is -5.12. The van der Waals surface area contributed by atoms with Gasteiger partial charge in [0.1, 0.15) is 23.5 Å². The molecule has 0 saturated carbocycles. The Morgan fingerprint density at radius 3 is 2.36 bits per heavy atom. The van der Waals surface area contributed by atoms with Crippen LogP contribution in [0.3, 0.4) is 0 Å². The second-order valence-electron chi connectivity index (χ2n) is 13.4. The summed E-state index contributed by atoms with van der Waals surface area (Å²) in [4.78, 5) is 32.7. The normalized spacial score (nSPS) is 13.4. The molecule has 0 bridgehead atoms. The fraction of sp³-hybridized carbons (Fsp3) is 0.512. The van der Waals surface area contributed by atoms with Gasteiger partial charge in [-0.3, -0.25) is 9.59 Å². The van der Waals surface area contributed by atoms with Crippen molar-refractivity contribution in [2.45, 2.75) is 70.4 Å². The van der Waals surface area contributed by atoms with E-state index in [1.165, 1.54) is 13.4 Å². The van der Waals surface area contributed by atoms with Gasteiger partial charge in [0.2, 0.25) is 0 Å². The molecule has 0 radical (unpaired) electrons. The number of esters is 1. The number of nitrogens with zero attached hydrogens (tertiary/aromatic N) is 5. The highest BCUT2D eigenvalue weighted by Gasteiger charge is 2.24. The van der Waals surface area contributed by atoms with Crippen molar-refractivity contribution in [1.82, 2.24) is 30.0 Å². The zero-order chi connectivity index (χ0) is 39.2. The number of hydrogen-bond donors (Lipinski definition) is 2.